The zero-order valence-corrected chi connectivity index (χ0v) is 23.8. The van der Waals surface area contributed by atoms with Crippen molar-refractivity contribution in [2.45, 2.75) is 67.4 Å². The summed E-state index contributed by atoms with van der Waals surface area (Å²) in [5.41, 5.74) is -3.27. The molecule has 0 atom stereocenters. The Balaban J connectivity index is 2.36. The summed E-state index contributed by atoms with van der Waals surface area (Å²) in [4.78, 5) is 39.1. The maximum atomic E-state index is 13.2. The van der Waals surface area contributed by atoms with Gasteiger partial charge in [-0.3, -0.25) is 14.4 Å². The number of halogens is 1. The molecule has 4 N–H and O–H groups in total. The molecule has 1 aliphatic carbocycles. The van der Waals surface area contributed by atoms with E-state index in [4.69, 9.17) is 4.74 Å². The van der Waals surface area contributed by atoms with Crippen LogP contribution in [0.4, 0.5) is 0 Å². The minimum absolute atomic E-state index is 0.0124. The molecule has 9 heteroatoms. The Hall–Kier alpha value is -3.07. The van der Waals surface area contributed by atoms with Crippen LogP contribution in [0.2, 0.25) is 0 Å². The van der Waals surface area contributed by atoms with Crippen molar-refractivity contribution in [3.8, 4) is 17.2 Å². The van der Waals surface area contributed by atoms with Crippen LogP contribution >= 0.6 is 15.9 Å². The van der Waals surface area contributed by atoms with Crippen molar-refractivity contribution >= 4 is 39.4 Å². The smallest absolute Gasteiger partial charge is 0.183 e. The molecule has 0 fully saturated rings. The predicted octanol–water partition coefficient (Wildman–Crippen LogP) is 5.84. The number of carbonyl (C=O) groups is 3. The second kappa shape index (κ2) is 9.35. The van der Waals surface area contributed by atoms with Crippen LogP contribution in [0.25, 0.3) is 6.08 Å². The van der Waals surface area contributed by atoms with Gasteiger partial charge < -0.3 is 25.2 Å². The van der Waals surface area contributed by atoms with Gasteiger partial charge in [-0.1, -0.05) is 43.6 Å². The van der Waals surface area contributed by atoms with Gasteiger partial charge in [-0.05, 0) is 33.8 Å². The number of aromatic hydroxyl groups is 2. The zero-order valence-electron chi connectivity index (χ0n) is 22.2. The summed E-state index contributed by atoms with van der Waals surface area (Å²) in [5, 5.41) is 44.6. The molecule has 37 heavy (non-hydrogen) atoms. The number of rotatable bonds is 6. The van der Waals surface area contributed by atoms with Crippen molar-refractivity contribution in [2.75, 3.05) is 0 Å². The Kier molecular flexibility index (Phi) is 7.20. The van der Waals surface area contributed by atoms with Crippen LogP contribution in [0.1, 0.15) is 76.9 Å². The number of carbonyl (C=O) groups excluding carboxylic acids is 3. The quantitative estimate of drug-likeness (QED) is 0.244. The van der Waals surface area contributed by atoms with Gasteiger partial charge in [0.1, 0.15) is 45.5 Å². The summed E-state index contributed by atoms with van der Waals surface area (Å²) in [5.74, 6) is -5.13. The fraction of sp³-hybridized carbons (Fsp3) is 0.464. The van der Waals surface area contributed by atoms with E-state index in [-0.39, 0.29) is 28.0 Å². The van der Waals surface area contributed by atoms with Gasteiger partial charge in [0.2, 0.25) is 0 Å². The molecule has 2 aliphatic rings. The Morgan fingerprint density at radius 2 is 1.49 bits per heavy atom. The van der Waals surface area contributed by atoms with Crippen molar-refractivity contribution in [2.24, 2.45) is 17.3 Å². The third kappa shape index (κ3) is 4.47. The van der Waals surface area contributed by atoms with Crippen molar-refractivity contribution in [3.05, 3.63) is 43.8 Å². The molecule has 1 aliphatic heterocycles. The number of fused-ring (bicyclic) bond motifs is 1. The molecule has 0 aromatic heterocycles. The zero-order chi connectivity index (χ0) is 28.4. The second-order valence-electron chi connectivity index (χ2n) is 11.1. The maximum Gasteiger partial charge on any atom is 0.183 e. The van der Waals surface area contributed by atoms with Crippen molar-refractivity contribution in [1.29, 1.82) is 0 Å². The number of benzene rings is 1. The topological polar surface area (TPSA) is 141 Å². The molecule has 1 aromatic rings. The first-order valence-electron chi connectivity index (χ1n) is 12.0. The van der Waals surface area contributed by atoms with Crippen LogP contribution in [0.15, 0.2) is 27.1 Å². The number of phenols is 2. The van der Waals surface area contributed by atoms with E-state index in [1.165, 1.54) is 13.8 Å². The van der Waals surface area contributed by atoms with Crippen LogP contribution in [-0.4, -0.2) is 43.4 Å². The molecule has 0 saturated heterocycles. The van der Waals surface area contributed by atoms with E-state index in [1.54, 1.807) is 47.6 Å². The summed E-state index contributed by atoms with van der Waals surface area (Å²) in [6, 6.07) is 0. The lowest BCUT2D eigenvalue weighted by Crippen LogP contribution is -2.38. The van der Waals surface area contributed by atoms with E-state index >= 15 is 0 Å². The molecule has 0 bridgehead atoms. The molecule has 0 radical (unpaired) electrons. The fourth-order valence-corrected chi connectivity index (χ4v) is 4.64. The summed E-state index contributed by atoms with van der Waals surface area (Å²) < 4.78 is 6.61. The monoisotopic (exact) mass is 576 g/mol. The number of ether oxygens (including phenoxy) is 1. The van der Waals surface area contributed by atoms with E-state index in [0.29, 0.717) is 4.48 Å². The van der Waals surface area contributed by atoms with Gasteiger partial charge in [0.05, 0.1) is 11.0 Å². The first kappa shape index (κ1) is 28.5. The van der Waals surface area contributed by atoms with Crippen LogP contribution in [0.3, 0.4) is 0 Å². The van der Waals surface area contributed by atoms with Crippen LogP contribution < -0.4 is 4.74 Å². The summed E-state index contributed by atoms with van der Waals surface area (Å²) >= 11 is 3.43. The first-order valence-corrected chi connectivity index (χ1v) is 12.8. The molecule has 1 aromatic carbocycles. The summed E-state index contributed by atoms with van der Waals surface area (Å²) in [7, 11) is 0. The first-order chi connectivity index (χ1) is 16.9. The van der Waals surface area contributed by atoms with Gasteiger partial charge in [0, 0.05) is 33.9 Å². The number of aliphatic hydroxyl groups is 2. The Morgan fingerprint density at radius 1 is 0.946 bits per heavy atom. The molecule has 1 heterocycles. The Bertz CT molecular complexity index is 1320. The number of allylic oxidation sites excluding steroid dienone is 3. The van der Waals surface area contributed by atoms with E-state index < -0.39 is 75.2 Å². The fourth-order valence-electron chi connectivity index (χ4n) is 4.33. The highest BCUT2D eigenvalue weighted by molar-refractivity contribution is 9.11. The van der Waals surface area contributed by atoms with Crippen molar-refractivity contribution in [3.63, 3.8) is 0 Å². The summed E-state index contributed by atoms with van der Waals surface area (Å²) in [6.07, 6.45) is 1.11. The molecule has 0 unspecified atom stereocenters. The third-order valence-electron chi connectivity index (χ3n) is 6.83. The number of ketones is 3. The number of Topliss-reactive ketones (excluding diaryl/α,β-unsaturated/α-hetero) is 3. The molecule has 0 saturated carbocycles. The highest BCUT2D eigenvalue weighted by Crippen LogP contribution is 2.51. The van der Waals surface area contributed by atoms with Gasteiger partial charge in [-0.25, -0.2) is 0 Å². The Morgan fingerprint density at radius 3 is 2.00 bits per heavy atom. The van der Waals surface area contributed by atoms with Gasteiger partial charge >= 0.3 is 0 Å². The third-order valence-corrected chi connectivity index (χ3v) is 8.01. The number of phenolic OH excluding ortho intramolecular Hbond substituents is 2. The van der Waals surface area contributed by atoms with E-state index in [1.807, 2.05) is 0 Å². The van der Waals surface area contributed by atoms with Crippen molar-refractivity contribution < 1.29 is 39.5 Å². The minimum Gasteiger partial charge on any atom is -0.511 e. The van der Waals surface area contributed by atoms with Crippen LogP contribution in [0.5, 0.6) is 17.2 Å². The van der Waals surface area contributed by atoms with Gasteiger partial charge in [0.25, 0.3) is 0 Å². The SMILES string of the molecule is CC(C)C(=O)C1=C(O)C(Cc2c(O)c3c(c(C(=O)C(C)C)c2O)OC(C)(C)C(Br)=C3)=C(O)C(C)(C)C1=O. The van der Waals surface area contributed by atoms with Gasteiger partial charge in [-0.15, -0.1) is 0 Å². The molecule has 200 valence electrons. The Labute approximate surface area is 224 Å². The second-order valence-corrected chi connectivity index (χ2v) is 12.0. The largest absolute Gasteiger partial charge is 0.511 e. The standard InChI is InChI=1S/C28H33BrO8/c1-11(2)19(30)17-22(33)13(21(32)14-10-16(29)28(7,8)37-24(14)17)9-15-23(34)18(20(31)12(3)4)26(36)27(5,6)25(15)35/h10-12,32-35H,9H2,1-8H3. The maximum absolute atomic E-state index is 13.2. The minimum atomic E-state index is -1.55. The normalized spacial score (nSPS) is 18.7. The van der Waals surface area contributed by atoms with E-state index in [2.05, 4.69) is 15.9 Å². The predicted molar refractivity (Wildman–Crippen MR) is 142 cm³/mol. The molecule has 8 nitrogen and oxygen atoms in total. The molecule has 0 spiro atoms. The highest BCUT2D eigenvalue weighted by Gasteiger charge is 2.46. The summed E-state index contributed by atoms with van der Waals surface area (Å²) in [6.45, 7) is 12.8. The lowest BCUT2D eigenvalue weighted by molar-refractivity contribution is -0.128. The highest BCUT2D eigenvalue weighted by atomic mass is 79.9. The lowest BCUT2D eigenvalue weighted by Gasteiger charge is -2.34. The van der Waals surface area contributed by atoms with Gasteiger partial charge in [0.15, 0.2) is 17.3 Å². The van der Waals surface area contributed by atoms with E-state index in [0.717, 1.165) is 0 Å². The molecular weight excluding hydrogens is 544 g/mol. The number of aliphatic hydroxyl groups excluding tert-OH is 2. The van der Waals surface area contributed by atoms with Gasteiger partial charge in [-0.2, -0.15) is 0 Å². The van der Waals surface area contributed by atoms with E-state index in [9.17, 15) is 34.8 Å². The van der Waals surface area contributed by atoms with Crippen LogP contribution in [-0.2, 0) is 16.0 Å². The lowest BCUT2D eigenvalue weighted by atomic mass is 9.72. The average molecular weight is 577 g/mol. The average Bonchev–Trinajstić information content (AvgIpc) is 2.78. The number of hydrogen-bond acceptors (Lipinski definition) is 8. The molecule has 3 rings (SSSR count). The molecule has 0 amide bonds. The molecular formula is C28H33BrO8. The van der Waals surface area contributed by atoms with Crippen molar-refractivity contribution in [1.82, 2.24) is 0 Å². The number of hydrogen-bond donors (Lipinski definition) is 4. The van der Waals surface area contributed by atoms with Crippen LogP contribution in [0, 0.1) is 17.3 Å².